The smallest absolute Gasteiger partial charge is 0.229 e. The van der Waals surface area contributed by atoms with Crippen LogP contribution in [0.25, 0.3) is 0 Å². The summed E-state index contributed by atoms with van der Waals surface area (Å²) in [5, 5.41) is 4.11. The van der Waals surface area contributed by atoms with E-state index in [1.54, 1.807) is 0 Å². The zero-order chi connectivity index (χ0) is 14.0. The molecule has 0 aliphatic carbocycles. The topological polar surface area (TPSA) is 46.3 Å². The second kappa shape index (κ2) is 5.95. The number of amides is 1. The highest BCUT2D eigenvalue weighted by atomic mass is 35.5. The Labute approximate surface area is 119 Å². The molecule has 1 aromatic heterocycles. The van der Waals surface area contributed by atoms with Crippen LogP contribution in [0.4, 0.5) is 0 Å². The summed E-state index contributed by atoms with van der Waals surface area (Å²) in [5.41, 5.74) is 1.63. The summed E-state index contributed by atoms with van der Waals surface area (Å²) in [6.45, 7) is 8.01. The van der Waals surface area contributed by atoms with Gasteiger partial charge < -0.3 is 9.42 Å². The Morgan fingerprint density at radius 3 is 2.58 bits per heavy atom. The van der Waals surface area contributed by atoms with Gasteiger partial charge >= 0.3 is 0 Å². The van der Waals surface area contributed by atoms with Crippen LogP contribution in [0.15, 0.2) is 4.52 Å². The van der Waals surface area contributed by atoms with Gasteiger partial charge in [0.15, 0.2) is 0 Å². The minimum atomic E-state index is 0.204. The number of hydrogen-bond donors (Lipinski definition) is 0. The van der Waals surface area contributed by atoms with Gasteiger partial charge in [-0.3, -0.25) is 4.79 Å². The van der Waals surface area contributed by atoms with Crippen LogP contribution in [-0.2, 0) is 11.2 Å². The SMILES string of the molecule is Cc1noc(Cl)c1CCC(=O)N1C[C@@H](C)C[C@H](C)C1. The van der Waals surface area contributed by atoms with Crippen molar-refractivity contribution >= 4 is 17.5 Å². The molecular weight excluding hydrogens is 264 g/mol. The van der Waals surface area contributed by atoms with Crippen molar-refractivity contribution in [3.05, 3.63) is 16.5 Å². The number of hydrogen-bond acceptors (Lipinski definition) is 3. The molecule has 1 saturated heterocycles. The minimum Gasteiger partial charge on any atom is -0.344 e. The Kier molecular flexibility index (Phi) is 4.50. The molecule has 0 bridgehead atoms. The molecule has 0 aromatic carbocycles. The number of nitrogens with zero attached hydrogens (tertiary/aromatic N) is 2. The Morgan fingerprint density at radius 2 is 2.05 bits per heavy atom. The van der Waals surface area contributed by atoms with Crippen LogP contribution < -0.4 is 0 Å². The normalized spacial score (nSPS) is 23.7. The highest BCUT2D eigenvalue weighted by Crippen LogP contribution is 2.24. The summed E-state index contributed by atoms with van der Waals surface area (Å²) in [6, 6.07) is 0. The van der Waals surface area contributed by atoms with Gasteiger partial charge in [0.2, 0.25) is 11.1 Å². The van der Waals surface area contributed by atoms with Crippen LogP contribution in [0.5, 0.6) is 0 Å². The van der Waals surface area contributed by atoms with Crippen LogP contribution in [0.2, 0.25) is 5.22 Å². The monoisotopic (exact) mass is 284 g/mol. The van der Waals surface area contributed by atoms with Crippen molar-refractivity contribution < 1.29 is 9.32 Å². The van der Waals surface area contributed by atoms with Crippen molar-refractivity contribution in [1.82, 2.24) is 10.1 Å². The fraction of sp³-hybridized carbons (Fsp3) is 0.714. The Hall–Kier alpha value is -1.03. The van der Waals surface area contributed by atoms with E-state index in [4.69, 9.17) is 16.1 Å². The van der Waals surface area contributed by atoms with Crippen molar-refractivity contribution in [3.8, 4) is 0 Å². The maximum absolute atomic E-state index is 12.2. The molecule has 2 heterocycles. The van der Waals surface area contributed by atoms with Gasteiger partial charge in [-0.15, -0.1) is 0 Å². The molecule has 0 saturated carbocycles. The molecule has 106 valence electrons. The molecule has 0 radical (unpaired) electrons. The van der Waals surface area contributed by atoms with Crippen molar-refractivity contribution in [3.63, 3.8) is 0 Å². The number of halogens is 1. The van der Waals surface area contributed by atoms with Crippen LogP contribution in [0, 0.1) is 18.8 Å². The van der Waals surface area contributed by atoms with Gasteiger partial charge in [-0.1, -0.05) is 19.0 Å². The van der Waals surface area contributed by atoms with Crippen LogP contribution in [0.3, 0.4) is 0 Å². The van der Waals surface area contributed by atoms with E-state index in [1.807, 2.05) is 11.8 Å². The zero-order valence-corrected chi connectivity index (χ0v) is 12.5. The summed E-state index contributed by atoms with van der Waals surface area (Å²) in [5.74, 6) is 1.39. The fourth-order valence-corrected chi connectivity index (χ4v) is 3.16. The molecule has 4 nitrogen and oxygen atoms in total. The third-order valence-corrected chi connectivity index (χ3v) is 4.04. The van der Waals surface area contributed by atoms with Gasteiger partial charge in [0.25, 0.3) is 0 Å². The lowest BCUT2D eigenvalue weighted by Crippen LogP contribution is -2.42. The van der Waals surface area contributed by atoms with E-state index in [9.17, 15) is 4.79 Å². The summed E-state index contributed by atoms with van der Waals surface area (Å²) in [7, 11) is 0. The van der Waals surface area contributed by atoms with E-state index in [0.29, 0.717) is 29.9 Å². The second-order valence-electron chi connectivity index (χ2n) is 5.77. The number of likely N-dealkylation sites (tertiary alicyclic amines) is 1. The Balaban J connectivity index is 1.91. The highest BCUT2D eigenvalue weighted by molar-refractivity contribution is 6.29. The first-order valence-electron chi connectivity index (χ1n) is 6.85. The van der Waals surface area contributed by atoms with Crippen LogP contribution in [-0.4, -0.2) is 29.1 Å². The van der Waals surface area contributed by atoms with Crippen molar-refractivity contribution in [2.75, 3.05) is 13.1 Å². The molecule has 2 rings (SSSR count). The van der Waals surface area contributed by atoms with Crippen molar-refractivity contribution in [2.45, 2.75) is 40.0 Å². The van der Waals surface area contributed by atoms with E-state index in [1.165, 1.54) is 6.42 Å². The largest absolute Gasteiger partial charge is 0.344 e. The van der Waals surface area contributed by atoms with E-state index in [-0.39, 0.29) is 5.91 Å². The first-order chi connectivity index (χ1) is 8.97. The molecule has 1 aliphatic heterocycles. The molecule has 1 aliphatic rings. The van der Waals surface area contributed by atoms with E-state index >= 15 is 0 Å². The number of aromatic nitrogens is 1. The van der Waals surface area contributed by atoms with E-state index in [0.717, 1.165) is 24.3 Å². The van der Waals surface area contributed by atoms with Gasteiger partial charge in [0.1, 0.15) is 0 Å². The molecule has 0 spiro atoms. The van der Waals surface area contributed by atoms with E-state index < -0.39 is 0 Å². The molecule has 2 atom stereocenters. The zero-order valence-electron chi connectivity index (χ0n) is 11.8. The molecule has 1 amide bonds. The average Bonchev–Trinajstić information content (AvgIpc) is 2.65. The van der Waals surface area contributed by atoms with Gasteiger partial charge in [-0.2, -0.15) is 0 Å². The second-order valence-corrected chi connectivity index (χ2v) is 6.11. The average molecular weight is 285 g/mol. The van der Waals surface area contributed by atoms with Crippen LogP contribution in [0.1, 0.15) is 37.9 Å². The van der Waals surface area contributed by atoms with Crippen molar-refractivity contribution in [1.29, 1.82) is 0 Å². The van der Waals surface area contributed by atoms with Crippen molar-refractivity contribution in [2.24, 2.45) is 11.8 Å². The predicted molar refractivity (Wildman–Crippen MR) is 74.1 cm³/mol. The van der Waals surface area contributed by atoms with Gasteiger partial charge in [0.05, 0.1) is 5.69 Å². The number of piperidine rings is 1. The van der Waals surface area contributed by atoms with Gasteiger partial charge in [0, 0.05) is 25.1 Å². The minimum absolute atomic E-state index is 0.204. The molecule has 0 N–H and O–H groups in total. The first kappa shape index (κ1) is 14.4. The number of rotatable bonds is 3. The standard InChI is InChI=1S/C14H21ClN2O2/c1-9-6-10(2)8-17(7-9)13(18)5-4-12-11(3)16-19-14(12)15/h9-10H,4-8H2,1-3H3/t9-,10-/m0/s1. The summed E-state index contributed by atoms with van der Waals surface area (Å²) < 4.78 is 4.90. The molecular formula is C14H21ClN2O2. The van der Waals surface area contributed by atoms with Gasteiger partial charge in [-0.25, -0.2) is 0 Å². The molecule has 0 unspecified atom stereocenters. The summed E-state index contributed by atoms with van der Waals surface area (Å²) >= 11 is 5.91. The third-order valence-electron chi connectivity index (χ3n) is 3.75. The van der Waals surface area contributed by atoms with Crippen LogP contribution >= 0.6 is 11.6 Å². The quantitative estimate of drug-likeness (QED) is 0.857. The molecule has 1 fully saturated rings. The summed E-state index contributed by atoms with van der Waals surface area (Å²) in [4.78, 5) is 14.2. The fourth-order valence-electron chi connectivity index (χ4n) is 2.90. The lowest BCUT2D eigenvalue weighted by atomic mass is 9.91. The predicted octanol–water partition coefficient (Wildman–Crippen LogP) is 3.07. The number of aryl methyl sites for hydroxylation is 1. The van der Waals surface area contributed by atoms with E-state index in [2.05, 4.69) is 19.0 Å². The molecule has 19 heavy (non-hydrogen) atoms. The third kappa shape index (κ3) is 3.50. The number of carbonyl (C=O) groups is 1. The molecule has 1 aromatic rings. The van der Waals surface area contributed by atoms with Gasteiger partial charge in [-0.05, 0) is 43.2 Å². The summed E-state index contributed by atoms with van der Waals surface area (Å²) in [6.07, 6.45) is 2.29. The highest BCUT2D eigenvalue weighted by Gasteiger charge is 2.25. The first-order valence-corrected chi connectivity index (χ1v) is 7.23. The maximum Gasteiger partial charge on any atom is 0.229 e. The number of carbonyl (C=O) groups excluding carboxylic acids is 1. The Morgan fingerprint density at radius 1 is 1.42 bits per heavy atom. The lowest BCUT2D eigenvalue weighted by molar-refractivity contribution is -0.133. The lowest BCUT2D eigenvalue weighted by Gasteiger charge is -2.35. The Bertz CT molecular complexity index is 429. The maximum atomic E-state index is 12.2. The molecule has 5 heteroatoms.